The number of hydrogen-bond acceptors (Lipinski definition) is 5. The maximum atomic E-state index is 13.1. The van der Waals surface area contributed by atoms with Crippen LogP contribution in [0.25, 0.3) is 5.00 Å². The Morgan fingerprint density at radius 2 is 1.78 bits per heavy atom. The second-order valence-corrected chi connectivity index (χ2v) is 9.37. The number of rotatable bonds is 6. The van der Waals surface area contributed by atoms with Crippen LogP contribution in [0.1, 0.15) is 67.3 Å². The highest BCUT2D eigenvalue weighted by molar-refractivity contribution is 7.15. The van der Waals surface area contributed by atoms with E-state index in [-0.39, 0.29) is 18.3 Å². The van der Waals surface area contributed by atoms with Crippen molar-refractivity contribution in [3.05, 3.63) is 64.1 Å². The molecule has 0 atom stereocenters. The first-order valence-electron chi connectivity index (χ1n) is 11.1. The van der Waals surface area contributed by atoms with Gasteiger partial charge in [0.15, 0.2) is 6.61 Å². The zero-order valence-electron chi connectivity index (χ0n) is 17.8. The van der Waals surface area contributed by atoms with Crippen LogP contribution in [0.2, 0.25) is 0 Å². The molecule has 166 valence electrons. The van der Waals surface area contributed by atoms with Gasteiger partial charge < -0.3 is 19.2 Å². The van der Waals surface area contributed by atoms with Crippen molar-refractivity contribution < 1.29 is 19.1 Å². The van der Waals surface area contributed by atoms with Gasteiger partial charge in [0.1, 0.15) is 10.7 Å². The number of carbonyl (C=O) groups excluding carboxylic acids is 3. The van der Waals surface area contributed by atoms with Gasteiger partial charge in [0.25, 0.3) is 5.91 Å². The number of nitrogens with one attached hydrogen (secondary N) is 1. The number of ketones is 1. The Kier molecular flexibility index (Phi) is 5.70. The highest BCUT2D eigenvalue weighted by Gasteiger charge is 2.28. The molecule has 1 aliphatic carbocycles. The van der Waals surface area contributed by atoms with Crippen molar-refractivity contribution in [2.24, 2.45) is 0 Å². The monoisotopic (exact) mass is 451 g/mol. The number of nitrogens with zero attached hydrogens (tertiary/aromatic N) is 2. The molecule has 7 nitrogen and oxygen atoms in total. The summed E-state index contributed by atoms with van der Waals surface area (Å²) in [6, 6.07) is 5.39. The van der Waals surface area contributed by atoms with Crippen LogP contribution in [0.15, 0.2) is 36.8 Å². The van der Waals surface area contributed by atoms with E-state index in [1.54, 1.807) is 22.3 Å². The fourth-order valence-electron chi connectivity index (χ4n) is 4.47. The normalized spacial score (nSPS) is 15.6. The summed E-state index contributed by atoms with van der Waals surface area (Å²) in [6.45, 7) is 1.13. The van der Waals surface area contributed by atoms with Crippen LogP contribution in [-0.4, -0.2) is 51.8 Å². The van der Waals surface area contributed by atoms with Gasteiger partial charge in [-0.15, -0.1) is 11.3 Å². The zero-order valence-corrected chi connectivity index (χ0v) is 18.6. The quantitative estimate of drug-likeness (QED) is 0.453. The second-order valence-electron chi connectivity index (χ2n) is 8.28. The molecule has 2 aliphatic rings. The minimum absolute atomic E-state index is 0.0974. The lowest BCUT2D eigenvalue weighted by Gasteiger charge is -2.13. The van der Waals surface area contributed by atoms with E-state index in [2.05, 4.69) is 4.98 Å². The maximum absolute atomic E-state index is 13.1. The largest absolute Gasteiger partial charge is 0.454 e. The Morgan fingerprint density at radius 3 is 2.56 bits per heavy atom. The lowest BCUT2D eigenvalue weighted by molar-refractivity contribution is 0.0474. The van der Waals surface area contributed by atoms with E-state index in [0.717, 1.165) is 62.2 Å². The molecule has 0 bridgehead atoms. The number of amides is 1. The first kappa shape index (κ1) is 20.8. The SMILES string of the molecule is O=C(COC(=O)c1c(-n2cccc2)sc2c1CCCC2)c1c[nH]c(C(=O)N2CCCC2)c1. The van der Waals surface area contributed by atoms with Crippen molar-refractivity contribution in [1.82, 2.24) is 14.5 Å². The van der Waals surface area contributed by atoms with Crippen LogP contribution in [0.5, 0.6) is 0 Å². The topological polar surface area (TPSA) is 84.4 Å². The molecule has 5 rings (SSSR count). The van der Waals surface area contributed by atoms with Gasteiger partial charge in [-0.1, -0.05) is 0 Å². The van der Waals surface area contributed by atoms with Gasteiger partial charge in [-0.05, 0) is 62.3 Å². The third-order valence-electron chi connectivity index (χ3n) is 6.16. The minimum Gasteiger partial charge on any atom is -0.454 e. The average molecular weight is 452 g/mol. The molecule has 0 unspecified atom stereocenters. The van der Waals surface area contributed by atoms with Gasteiger partial charge in [0.05, 0.1) is 5.56 Å². The van der Waals surface area contributed by atoms with Crippen LogP contribution < -0.4 is 0 Å². The first-order valence-corrected chi connectivity index (χ1v) is 11.9. The summed E-state index contributed by atoms with van der Waals surface area (Å²) in [5.74, 6) is -0.896. The number of thiophene rings is 1. The third-order valence-corrected chi connectivity index (χ3v) is 7.46. The fourth-order valence-corrected chi connectivity index (χ4v) is 5.81. The molecule has 1 N–H and O–H groups in total. The summed E-state index contributed by atoms with van der Waals surface area (Å²) in [5.41, 5.74) is 2.37. The van der Waals surface area contributed by atoms with Gasteiger partial charge in [0, 0.05) is 42.1 Å². The number of esters is 1. The predicted octanol–water partition coefficient (Wildman–Crippen LogP) is 4.02. The maximum Gasteiger partial charge on any atom is 0.341 e. The van der Waals surface area contributed by atoms with Crippen LogP contribution in [-0.2, 0) is 17.6 Å². The number of likely N-dealkylation sites (tertiary alicyclic amines) is 1. The molecule has 3 aromatic heterocycles. The van der Waals surface area contributed by atoms with Crippen molar-refractivity contribution in [2.75, 3.05) is 19.7 Å². The summed E-state index contributed by atoms with van der Waals surface area (Å²) in [4.78, 5) is 44.1. The van der Waals surface area contributed by atoms with Crippen LogP contribution in [0, 0.1) is 0 Å². The number of H-pyrrole nitrogens is 1. The highest BCUT2D eigenvalue weighted by atomic mass is 32.1. The molecule has 0 spiro atoms. The first-order chi connectivity index (χ1) is 15.6. The Labute approximate surface area is 190 Å². The molecule has 4 heterocycles. The molecular formula is C24H25N3O4S. The number of hydrogen-bond donors (Lipinski definition) is 1. The molecule has 1 aliphatic heterocycles. The molecule has 0 saturated carbocycles. The number of aromatic nitrogens is 2. The van der Waals surface area contributed by atoms with E-state index in [1.807, 2.05) is 29.1 Å². The standard InChI is InChI=1S/C24H25N3O4S/c28-19(16-13-18(25-14-16)22(29)26-9-3-4-10-26)15-31-24(30)21-17-7-1-2-8-20(17)32-23(21)27-11-5-6-12-27/h5-6,11-14,25H,1-4,7-10,15H2. The Bertz CT molecular complexity index is 1150. The van der Waals surface area contributed by atoms with Crippen LogP contribution in [0.3, 0.4) is 0 Å². The van der Waals surface area contributed by atoms with E-state index in [1.165, 1.54) is 11.1 Å². The Hall–Kier alpha value is -3.13. The van der Waals surface area contributed by atoms with E-state index in [0.29, 0.717) is 16.8 Å². The Balaban J connectivity index is 1.30. The number of aryl methyl sites for hydroxylation is 1. The molecule has 0 aromatic carbocycles. The van der Waals surface area contributed by atoms with Crippen molar-refractivity contribution in [2.45, 2.75) is 38.5 Å². The fraction of sp³-hybridized carbons (Fsp3) is 0.375. The average Bonchev–Trinajstić information content (AvgIpc) is 3.62. The molecule has 8 heteroatoms. The highest BCUT2D eigenvalue weighted by Crippen LogP contribution is 2.37. The minimum atomic E-state index is -0.467. The van der Waals surface area contributed by atoms with Gasteiger partial charge in [-0.25, -0.2) is 4.79 Å². The number of aromatic amines is 1. The molecule has 32 heavy (non-hydrogen) atoms. The van der Waals surface area contributed by atoms with E-state index >= 15 is 0 Å². The molecular weight excluding hydrogens is 426 g/mol. The second kappa shape index (κ2) is 8.78. The van der Waals surface area contributed by atoms with E-state index in [4.69, 9.17) is 4.74 Å². The van der Waals surface area contributed by atoms with E-state index in [9.17, 15) is 14.4 Å². The van der Waals surface area contributed by atoms with Gasteiger partial charge in [-0.2, -0.15) is 0 Å². The molecule has 1 saturated heterocycles. The lowest BCUT2D eigenvalue weighted by atomic mass is 9.95. The smallest absolute Gasteiger partial charge is 0.341 e. The van der Waals surface area contributed by atoms with Crippen molar-refractivity contribution >= 4 is 29.0 Å². The lowest BCUT2D eigenvalue weighted by Crippen LogP contribution is -2.27. The number of fused-ring (bicyclic) bond motifs is 1. The summed E-state index contributed by atoms with van der Waals surface area (Å²) >= 11 is 1.63. The van der Waals surface area contributed by atoms with Gasteiger partial charge >= 0.3 is 5.97 Å². The van der Waals surface area contributed by atoms with E-state index < -0.39 is 5.97 Å². The van der Waals surface area contributed by atoms with Gasteiger partial charge in [0.2, 0.25) is 5.78 Å². The third kappa shape index (κ3) is 3.90. The summed E-state index contributed by atoms with van der Waals surface area (Å²) in [5, 5.41) is 0.847. The summed E-state index contributed by atoms with van der Waals surface area (Å²) in [7, 11) is 0. The number of ether oxygens (including phenoxy) is 1. The Morgan fingerprint density at radius 1 is 1.03 bits per heavy atom. The molecule has 1 amide bonds. The molecule has 1 fully saturated rings. The summed E-state index contributed by atoms with van der Waals surface area (Å²) in [6.07, 6.45) is 11.3. The van der Waals surface area contributed by atoms with Gasteiger partial charge in [-0.3, -0.25) is 9.59 Å². The van der Waals surface area contributed by atoms with Crippen molar-refractivity contribution in [3.63, 3.8) is 0 Å². The number of Topliss-reactive ketones (excluding diaryl/α,β-unsaturated/α-hetero) is 1. The van der Waals surface area contributed by atoms with Crippen molar-refractivity contribution in [3.8, 4) is 5.00 Å². The van der Waals surface area contributed by atoms with Crippen LogP contribution in [0.4, 0.5) is 0 Å². The van der Waals surface area contributed by atoms with Crippen molar-refractivity contribution in [1.29, 1.82) is 0 Å². The van der Waals surface area contributed by atoms with Crippen LogP contribution >= 0.6 is 11.3 Å². The number of carbonyl (C=O) groups is 3. The molecule has 0 radical (unpaired) electrons. The summed E-state index contributed by atoms with van der Waals surface area (Å²) < 4.78 is 7.41. The predicted molar refractivity (Wildman–Crippen MR) is 121 cm³/mol. The zero-order chi connectivity index (χ0) is 22.1. The molecule has 3 aromatic rings.